The van der Waals surface area contributed by atoms with E-state index in [1.54, 1.807) is 12.1 Å². The summed E-state index contributed by atoms with van der Waals surface area (Å²) in [6.07, 6.45) is 0.854. The molecule has 0 aliphatic carbocycles. The summed E-state index contributed by atoms with van der Waals surface area (Å²) in [5.74, 6) is 0.895. The molecule has 0 bridgehead atoms. The molecular weight excluding hydrogens is 450 g/mol. The average Bonchev–Trinajstić information content (AvgIpc) is 3.09. The zero-order valence-corrected chi connectivity index (χ0v) is 18.5. The van der Waals surface area contributed by atoms with Crippen molar-refractivity contribution in [3.63, 3.8) is 0 Å². The number of carbonyl (C=O) groups is 2. The van der Waals surface area contributed by atoms with E-state index in [9.17, 15) is 9.59 Å². The molecule has 0 radical (unpaired) electrons. The lowest BCUT2D eigenvalue weighted by atomic mass is 9.97. The third kappa shape index (κ3) is 3.81. The summed E-state index contributed by atoms with van der Waals surface area (Å²) >= 11 is 4.75. The minimum atomic E-state index is -0.377. The number of ketones is 1. The number of para-hydroxylation sites is 1. The molecule has 0 N–H and O–H groups in total. The van der Waals surface area contributed by atoms with Crippen LogP contribution in [0.3, 0.4) is 0 Å². The lowest BCUT2D eigenvalue weighted by molar-refractivity contribution is -0.120. The highest BCUT2D eigenvalue weighted by molar-refractivity contribution is 9.10. The van der Waals surface area contributed by atoms with E-state index in [4.69, 9.17) is 4.99 Å². The summed E-state index contributed by atoms with van der Waals surface area (Å²) in [5.41, 5.74) is 2.29. The van der Waals surface area contributed by atoms with E-state index in [0.29, 0.717) is 16.6 Å². The second-order valence-electron chi connectivity index (χ2n) is 7.10. The Morgan fingerprint density at radius 1 is 1.17 bits per heavy atom. The SMILES string of the molecule is CCC(C)C1C(=O)N=C2c3ccccc3N=C(SCC(=O)c3ccc(Br)cc3)N21. The second-order valence-corrected chi connectivity index (χ2v) is 8.96. The summed E-state index contributed by atoms with van der Waals surface area (Å²) in [5, 5.41) is 0.657. The number of Topliss-reactive ketones (excluding diaryl/α,β-unsaturated/α-hetero) is 1. The lowest BCUT2D eigenvalue weighted by Gasteiger charge is -2.33. The molecule has 148 valence electrons. The number of rotatable bonds is 5. The number of fused-ring (bicyclic) bond motifs is 3. The Hall–Kier alpha value is -2.25. The van der Waals surface area contributed by atoms with Gasteiger partial charge in [0.05, 0.1) is 11.4 Å². The molecule has 2 aromatic carbocycles. The monoisotopic (exact) mass is 469 g/mol. The van der Waals surface area contributed by atoms with Crippen molar-refractivity contribution in [1.82, 2.24) is 4.90 Å². The van der Waals surface area contributed by atoms with Crippen LogP contribution >= 0.6 is 27.7 Å². The maximum atomic E-state index is 12.7. The van der Waals surface area contributed by atoms with Crippen LogP contribution in [0.25, 0.3) is 0 Å². The molecule has 7 heteroatoms. The van der Waals surface area contributed by atoms with Gasteiger partial charge in [-0.3, -0.25) is 14.5 Å². The van der Waals surface area contributed by atoms with Crippen LogP contribution in [0.2, 0.25) is 0 Å². The first-order chi connectivity index (χ1) is 14.0. The Morgan fingerprint density at radius 2 is 1.90 bits per heavy atom. The maximum Gasteiger partial charge on any atom is 0.271 e. The average molecular weight is 470 g/mol. The van der Waals surface area contributed by atoms with Gasteiger partial charge in [0.15, 0.2) is 11.0 Å². The molecule has 2 unspecified atom stereocenters. The smallest absolute Gasteiger partial charge is 0.271 e. The van der Waals surface area contributed by atoms with Crippen LogP contribution in [0, 0.1) is 5.92 Å². The minimum absolute atomic E-state index is 0.0214. The second kappa shape index (κ2) is 8.24. The number of thioether (sulfide) groups is 1. The molecule has 0 saturated heterocycles. The quantitative estimate of drug-likeness (QED) is 0.573. The fraction of sp³-hybridized carbons (Fsp3) is 0.273. The highest BCUT2D eigenvalue weighted by atomic mass is 79.9. The van der Waals surface area contributed by atoms with Gasteiger partial charge < -0.3 is 0 Å². The summed E-state index contributed by atoms with van der Waals surface area (Å²) in [4.78, 5) is 36.5. The molecule has 2 aliphatic heterocycles. The topological polar surface area (TPSA) is 62.1 Å². The molecule has 2 aromatic rings. The summed E-state index contributed by atoms with van der Waals surface area (Å²) in [6.45, 7) is 4.12. The predicted octanol–water partition coefficient (Wildman–Crippen LogP) is 5.07. The van der Waals surface area contributed by atoms with E-state index in [2.05, 4.69) is 34.8 Å². The molecule has 2 heterocycles. The Bertz CT molecular complexity index is 1030. The van der Waals surface area contributed by atoms with Crippen LogP contribution in [0.1, 0.15) is 36.2 Å². The van der Waals surface area contributed by atoms with Crippen molar-refractivity contribution in [3.05, 3.63) is 64.1 Å². The zero-order chi connectivity index (χ0) is 20.5. The predicted molar refractivity (Wildman–Crippen MR) is 121 cm³/mol. The minimum Gasteiger partial charge on any atom is -0.293 e. The molecule has 0 fully saturated rings. The molecule has 29 heavy (non-hydrogen) atoms. The summed E-state index contributed by atoms with van der Waals surface area (Å²) in [6, 6.07) is 14.6. The van der Waals surface area contributed by atoms with Crippen LogP contribution in [-0.4, -0.2) is 39.4 Å². The third-order valence-electron chi connectivity index (χ3n) is 5.22. The van der Waals surface area contributed by atoms with E-state index in [-0.39, 0.29) is 29.4 Å². The molecule has 1 amide bonds. The van der Waals surface area contributed by atoms with Gasteiger partial charge in [-0.05, 0) is 30.2 Å². The van der Waals surface area contributed by atoms with Crippen molar-refractivity contribution in [3.8, 4) is 0 Å². The van der Waals surface area contributed by atoms with Gasteiger partial charge in [-0.25, -0.2) is 4.99 Å². The normalized spacial score (nSPS) is 18.7. The van der Waals surface area contributed by atoms with Crippen molar-refractivity contribution in [2.45, 2.75) is 26.3 Å². The summed E-state index contributed by atoms with van der Waals surface area (Å²) < 4.78 is 0.933. The Morgan fingerprint density at radius 3 is 2.62 bits per heavy atom. The van der Waals surface area contributed by atoms with Crippen molar-refractivity contribution in [1.29, 1.82) is 0 Å². The molecule has 5 nitrogen and oxygen atoms in total. The van der Waals surface area contributed by atoms with Gasteiger partial charge >= 0.3 is 0 Å². The Balaban J connectivity index is 1.64. The van der Waals surface area contributed by atoms with Crippen LogP contribution < -0.4 is 0 Å². The largest absolute Gasteiger partial charge is 0.293 e. The van der Waals surface area contributed by atoms with Gasteiger partial charge in [0.25, 0.3) is 5.91 Å². The fourth-order valence-corrected chi connectivity index (χ4v) is 4.65. The number of amides is 1. The van der Waals surface area contributed by atoms with Gasteiger partial charge in [0, 0.05) is 15.6 Å². The van der Waals surface area contributed by atoms with Crippen molar-refractivity contribution in [2.75, 3.05) is 5.75 Å². The first-order valence-electron chi connectivity index (χ1n) is 9.51. The highest BCUT2D eigenvalue weighted by Gasteiger charge is 2.43. The zero-order valence-electron chi connectivity index (χ0n) is 16.1. The van der Waals surface area contributed by atoms with E-state index >= 15 is 0 Å². The first kappa shape index (κ1) is 20.0. The molecule has 0 spiro atoms. The van der Waals surface area contributed by atoms with Crippen LogP contribution in [0.5, 0.6) is 0 Å². The molecule has 0 aromatic heterocycles. The number of carbonyl (C=O) groups excluding carboxylic acids is 2. The number of hydrogen-bond donors (Lipinski definition) is 0. The van der Waals surface area contributed by atoms with Crippen molar-refractivity contribution >= 4 is 56.1 Å². The highest BCUT2D eigenvalue weighted by Crippen LogP contribution is 2.36. The molecule has 0 saturated carbocycles. The standard InChI is InChI=1S/C22H20BrN3O2S/c1-3-13(2)19-21(28)25-20-16-6-4-5-7-17(16)24-22(26(19)20)29-12-18(27)14-8-10-15(23)11-9-14/h4-11,13,19H,3,12H2,1-2H3. The first-order valence-corrected chi connectivity index (χ1v) is 11.3. The van der Waals surface area contributed by atoms with Crippen LogP contribution in [0.15, 0.2) is 63.0 Å². The fourth-order valence-electron chi connectivity index (χ4n) is 3.46. The number of halogens is 1. The molecule has 2 aliphatic rings. The van der Waals surface area contributed by atoms with Crippen molar-refractivity contribution in [2.24, 2.45) is 15.9 Å². The van der Waals surface area contributed by atoms with Gasteiger partial charge in [0.1, 0.15) is 11.9 Å². The Kier molecular flexibility index (Phi) is 5.69. The number of nitrogens with zero attached hydrogens (tertiary/aromatic N) is 3. The van der Waals surface area contributed by atoms with Crippen LogP contribution in [-0.2, 0) is 4.79 Å². The number of amidine groups is 2. The number of hydrogen-bond acceptors (Lipinski definition) is 5. The van der Waals surface area contributed by atoms with E-state index in [0.717, 1.165) is 22.1 Å². The number of aliphatic imine (C=N–C) groups is 2. The van der Waals surface area contributed by atoms with Gasteiger partial charge in [-0.2, -0.15) is 4.99 Å². The molecular formula is C22H20BrN3O2S. The number of benzene rings is 2. The van der Waals surface area contributed by atoms with E-state index < -0.39 is 0 Å². The van der Waals surface area contributed by atoms with E-state index in [1.807, 2.05) is 41.3 Å². The van der Waals surface area contributed by atoms with Gasteiger partial charge in [0.2, 0.25) is 0 Å². The molecule has 4 rings (SSSR count). The van der Waals surface area contributed by atoms with Gasteiger partial charge in [-0.1, -0.05) is 72.2 Å². The van der Waals surface area contributed by atoms with Gasteiger partial charge in [-0.15, -0.1) is 0 Å². The maximum absolute atomic E-state index is 12.7. The van der Waals surface area contributed by atoms with Crippen molar-refractivity contribution < 1.29 is 9.59 Å². The molecule has 2 atom stereocenters. The lowest BCUT2D eigenvalue weighted by Crippen LogP contribution is -2.46. The summed E-state index contributed by atoms with van der Waals surface area (Å²) in [7, 11) is 0. The van der Waals surface area contributed by atoms with Crippen LogP contribution in [0.4, 0.5) is 5.69 Å². The van der Waals surface area contributed by atoms with E-state index in [1.165, 1.54) is 11.8 Å². The Labute approximate surface area is 182 Å². The third-order valence-corrected chi connectivity index (χ3v) is 6.71.